The summed E-state index contributed by atoms with van der Waals surface area (Å²) in [6.45, 7) is 4.32. The van der Waals surface area contributed by atoms with Crippen molar-refractivity contribution in [2.45, 2.75) is 32.7 Å². The van der Waals surface area contributed by atoms with Crippen LogP contribution in [0.25, 0.3) is 22.8 Å². The molecule has 1 atom stereocenters. The molecule has 1 saturated carbocycles. The number of nitrogens with zero attached hydrogens (tertiary/aromatic N) is 2. The number of hydrogen-bond donors (Lipinski definition) is 1. The molecule has 0 unspecified atom stereocenters. The molecule has 0 spiro atoms. The van der Waals surface area contributed by atoms with Crippen molar-refractivity contribution in [3.8, 4) is 23.3 Å². The Balaban J connectivity index is 1.42. The molecule has 1 fully saturated rings. The van der Waals surface area contributed by atoms with Crippen LogP contribution in [0, 0.1) is 5.92 Å². The highest BCUT2D eigenvalue weighted by Crippen LogP contribution is 2.31. The molecule has 8 nitrogen and oxygen atoms in total. The van der Waals surface area contributed by atoms with Gasteiger partial charge in [-0.25, -0.2) is 4.98 Å². The van der Waals surface area contributed by atoms with Crippen LogP contribution >= 0.6 is 0 Å². The van der Waals surface area contributed by atoms with Gasteiger partial charge in [0.05, 0.1) is 18.7 Å². The number of benzene rings is 1. The molecule has 1 aliphatic rings. The topological polar surface area (TPSA) is 99.6 Å². The largest absolute Gasteiger partial charge is 0.493 e. The second-order valence-corrected chi connectivity index (χ2v) is 6.84. The third kappa shape index (κ3) is 4.39. The summed E-state index contributed by atoms with van der Waals surface area (Å²) < 4.78 is 22.3. The second-order valence-electron chi connectivity index (χ2n) is 6.84. The first kappa shape index (κ1) is 17.4. The summed E-state index contributed by atoms with van der Waals surface area (Å²) in [7, 11) is 0. The summed E-state index contributed by atoms with van der Waals surface area (Å²) in [5.41, 5.74) is 1.33. The molecule has 27 heavy (non-hydrogen) atoms. The summed E-state index contributed by atoms with van der Waals surface area (Å²) in [6, 6.07) is 7.03. The number of carbonyl (C=O) groups is 1. The third-order valence-electron chi connectivity index (χ3n) is 4.17. The quantitative estimate of drug-likeness (QED) is 0.649. The number of nitrogens with one attached hydrogen (secondary N) is 1. The molecule has 1 amide bonds. The zero-order valence-electron chi connectivity index (χ0n) is 15.2. The van der Waals surface area contributed by atoms with Gasteiger partial charge in [0.2, 0.25) is 11.7 Å². The van der Waals surface area contributed by atoms with Crippen molar-refractivity contribution in [1.29, 1.82) is 0 Å². The van der Waals surface area contributed by atoms with Gasteiger partial charge in [-0.1, -0.05) is 0 Å². The van der Waals surface area contributed by atoms with Crippen molar-refractivity contribution in [3.05, 3.63) is 24.3 Å². The number of amides is 1. The van der Waals surface area contributed by atoms with Gasteiger partial charge in [0.25, 0.3) is 11.8 Å². The van der Waals surface area contributed by atoms with E-state index in [4.69, 9.17) is 18.4 Å². The van der Waals surface area contributed by atoms with E-state index < -0.39 is 0 Å². The highest BCUT2D eigenvalue weighted by Gasteiger charge is 2.22. The molecule has 2 heterocycles. The van der Waals surface area contributed by atoms with Gasteiger partial charge in [-0.3, -0.25) is 4.79 Å². The normalized spacial score (nSPS) is 14.9. The fourth-order valence-corrected chi connectivity index (χ4v) is 2.63. The smallest absolute Gasteiger partial charge is 0.267 e. The van der Waals surface area contributed by atoms with Crippen molar-refractivity contribution in [2.75, 3.05) is 13.2 Å². The molecule has 1 aromatic carbocycles. The van der Waals surface area contributed by atoms with Crippen molar-refractivity contribution in [2.24, 2.45) is 5.92 Å². The standard InChI is InChI=1S/C19H21N3O5/c1-11(20-12(2)23)9-25-18-8-17(27-22-18)19-21-15-7-14(5-6-16(15)26-19)24-10-13-3-4-13/h5-8,11,13H,3-4,9-10H2,1-2H3,(H,20,23)/t11-/m0/s1. The Hall–Kier alpha value is -3.03. The number of ether oxygens (including phenoxy) is 2. The molecule has 0 saturated heterocycles. The second kappa shape index (κ2) is 7.30. The van der Waals surface area contributed by atoms with Crippen LogP contribution in [0.3, 0.4) is 0 Å². The van der Waals surface area contributed by atoms with E-state index in [0.717, 1.165) is 12.4 Å². The van der Waals surface area contributed by atoms with E-state index in [0.29, 0.717) is 34.5 Å². The minimum Gasteiger partial charge on any atom is -0.493 e. The molecule has 0 bridgehead atoms. The van der Waals surface area contributed by atoms with Crippen LogP contribution in [-0.4, -0.2) is 35.3 Å². The Morgan fingerprint density at radius 1 is 1.33 bits per heavy atom. The number of aromatic nitrogens is 2. The summed E-state index contributed by atoms with van der Waals surface area (Å²) in [5.74, 6) is 2.35. The van der Waals surface area contributed by atoms with Gasteiger partial charge in [-0.2, -0.15) is 0 Å². The van der Waals surface area contributed by atoms with E-state index in [-0.39, 0.29) is 18.6 Å². The van der Waals surface area contributed by atoms with Crippen LogP contribution in [0.15, 0.2) is 33.2 Å². The Kier molecular flexibility index (Phi) is 4.70. The summed E-state index contributed by atoms with van der Waals surface area (Å²) in [5, 5.41) is 6.58. The summed E-state index contributed by atoms with van der Waals surface area (Å²) >= 11 is 0. The van der Waals surface area contributed by atoms with Crippen LogP contribution in [-0.2, 0) is 4.79 Å². The van der Waals surface area contributed by atoms with Gasteiger partial charge in [0.1, 0.15) is 17.9 Å². The maximum atomic E-state index is 11.0. The SMILES string of the molecule is CC(=O)N[C@@H](C)COc1cc(-c2nc3cc(OCC4CC4)ccc3o2)on1. The molecular weight excluding hydrogens is 350 g/mol. The zero-order chi connectivity index (χ0) is 18.8. The predicted octanol–water partition coefficient (Wildman–Crippen LogP) is 3.18. The highest BCUT2D eigenvalue weighted by molar-refractivity contribution is 5.77. The molecule has 0 radical (unpaired) electrons. The van der Waals surface area contributed by atoms with E-state index >= 15 is 0 Å². The van der Waals surface area contributed by atoms with E-state index in [2.05, 4.69) is 15.5 Å². The highest BCUT2D eigenvalue weighted by atomic mass is 16.5. The molecule has 142 valence electrons. The average Bonchev–Trinajstić information content (AvgIpc) is 3.17. The van der Waals surface area contributed by atoms with Crippen LogP contribution in [0.1, 0.15) is 26.7 Å². The molecule has 1 N–H and O–H groups in total. The van der Waals surface area contributed by atoms with Crippen LogP contribution < -0.4 is 14.8 Å². The van der Waals surface area contributed by atoms with Gasteiger partial charge in [-0.05, 0) is 43.0 Å². The Morgan fingerprint density at radius 3 is 2.96 bits per heavy atom. The molecular formula is C19H21N3O5. The minimum atomic E-state index is -0.138. The average molecular weight is 371 g/mol. The molecule has 3 aromatic rings. The lowest BCUT2D eigenvalue weighted by Gasteiger charge is -2.11. The van der Waals surface area contributed by atoms with Gasteiger partial charge >= 0.3 is 0 Å². The third-order valence-corrected chi connectivity index (χ3v) is 4.17. The molecule has 1 aliphatic carbocycles. The Morgan fingerprint density at radius 2 is 2.19 bits per heavy atom. The first-order valence-electron chi connectivity index (χ1n) is 8.97. The molecule has 8 heteroatoms. The predicted molar refractivity (Wildman–Crippen MR) is 96.5 cm³/mol. The summed E-state index contributed by atoms with van der Waals surface area (Å²) in [6.07, 6.45) is 2.49. The van der Waals surface area contributed by atoms with Crippen LogP contribution in [0.5, 0.6) is 11.6 Å². The first-order valence-corrected chi connectivity index (χ1v) is 8.97. The number of oxazole rings is 1. The Bertz CT molecular complexity index is 944. The van der Waals surface area contributed by atoms with Gasteiger partial charge in [0, 0.05) is 13.0 Å². The van der Waals surface area contributed by atoms with Gasteiger partial charge in [-0.15, -0.1) is 0 Å². The van der Waals surface area contributed by atoms with Gasteiger partial charge < -0.3 is 23.7 Å². The monoisotopic (exact) mass is 371 g/mol. The number of fused-ring (bicyclic) bond motifs is 1. The molecule has 0 aliphatic heterocycles. The first-order chi connectivity index (χ1) is 13.1. The van der Waals surface area contributed by atoms with E-state index in [1.165, 1.54) is 19.8 Å². The Labute approximate surface area is 155 Å². The zero-order valence-corrected chi connectivity index (χ0v) is 15.2. The lowest BCUT2D eigenvalue weighted by molar-refractivity contribution is -0.119. The van der Waals surface area contributed by atoms with Crippen molar-refractivity contribution >= 4 is 17.0 Å². The van der Waals surface area contributed by atoms with Crippen LogP contribution in [0.2, 0.25) is 0 Å². The van der Waals surface area contributed by atoms with E-state index in [1.54, 1.807) is 6.07 Å². The number of rotatable bonds is 8. The fourth-order valence-electron chi connectivity index (χ4n) is 2.63. The number of hydrogen-bond acceptors (Lipinski definition) is 7. The fraction of sp³-hybridized carbons (Fsp3) is 0.421. The number of carbonyl (C=O) groups excluding carboxylic acids is 1. The molecule has 2 aromatic heterocycles. The van der Waals surface area contributed by atoms with E-state index in [9.17, 15) is 4.79 Å². The lowest BCUT2D eigenvalue weighted by atomic mass is 10.3. The maximum Gasteiger partial charge on any atom is 0.267 e. The summed E-state index contributed by atoms with van der Waals surface area (Å²) in [4.78, 5) is 15.5. The maximum absolute atomic E-state index is 11.0. The molecule has 4 rings (SSSR count). The lowest BCUT2D eigenvalue weighted by Crippen LogP contribution is -2.35. The minimum absolute atomic E-state index is 0.112. The van der Waals surface area contributed by atoms with Crippen molar-refractivity contribution < 1.29 is 23.2 Å². The van der Waals surface area contributed by atoms with Crippen molar-refractivity contribution in [1.82, 2.24) is 15.5 Å². The van der Waals surface area contributed by atoms with Crippen LogP contribution in [0.4, 0.5) is 0 Å². The van der Waals surface area contributed by atoms with Gasteiger partial charge in [0.15, 0.2) is 5.58 Å². The van der Waals surface area contributed by atoms with Crippen molar-refractivity contribution in [3.63, 3.8) is 0 Å². The van der Waals surface area contributed by atoms with E-state index in [1.807, 2.05) is 25.1 Å².